The number of nitro benzene ring substituents is 1. The molecule has 0 aliphatic rings. The van der Waals surface area contributed by atoms with Crippen LogP contribution in [0.25, 0.3) is 10.8 Å². The molecule has 4 rings (SSSR count). The van der Waals surface area contributed by atoms with E-state index in [2.05, 4.69) is 10.0 Å². The number of nitrogens with zero attached hydrogens (tertiary/aromatic N) is 1. The lowest BCUT2D eigenvalue weighted by Crippen LogP contribution is -2.16. The minimum absolute atomic E-state index is 0.0344. The number of benzene rings is 4. The zero-order chi connectivity index (χ0) is 23.4. The van der Waals surface area contributed by atoms with Crippen molar-refractivity contribution in [1.29, 1.82) is 0 Å². The van der Waals surface area contributed by atoms with Crippen molar-refractivity contribution < 1.29 is 18.1 Å². The fraction of sp³-hybridized carbons (Fsp3) is 0.0417. The highest BCUT2D eigenvalue weighted by Gasteiger charge is 2.17. The van der Waals surface area contributed by atoms with Gasteiger partial charge < -0.3 is 5.32 Å². The molecule has 0 aliphatic carbocycles. The molecule has 0 spiro atoms. The van der Waals surface area contributed by atoms with Crippen molar-refractivity contribution in [1.82, 2.24) is 0 Å². The molecule has 4 aromatic rings. The Bertz CT molecular complexity index is 1450. The molecule has 0 atom stereocenters. The molecule has 4 aromatic carbocycles. The van der Waals surface area contributed by atoms with Gasteiger partial charge in [0.05, 0.1) is 21.9 Å². The highest BCUT2D eigenvalue weighted by molar-refractivity contribution is 7.92. The van der Waals surface area contributed by atoms with Crippen LogP contribution in [0.5, 0.6) is 0 Å². The van der Waals surface area contributed by atoms with E-state index in [9.17, 15) is 23.3 Å². The van der Waals surface area contributed by atoms with Crippen LogP contribution in [-0.2, 0) is 21.2 Å². The molecule has 0 heterocycles. The highest BCUT2D eigenvalue weighted by atomic mass is 32.2. The van der Waals surface area contributed by atoms with Gasteiger partial charge in [0, 0.05) is 22.7 Å². The Morgan fingerprint density at radius 3 is 2.27 bits per heavy atom. The lowest BCUT2D eigenvalue weighted by molar-refractivity contribution is -0.385. The molecule has 0 unspecified atom stereocenters. The Labute approximate surface area is 190 Å². The molecule has 1 amide bonds. The van der Waals surface area contributed by atoms with Crippen molar-refractivity contribution in [2.24, 2.45) is 0 Å². The predicted molar refractivity (Wildman–Crippen MR) is 127 cm³/mol. The summed E-state index contributed by atoms with van der Waals surface area (Å²) in [7, 11) is -3.85. The smallest absolute Gasteiger partial charge is 0.273 e. The number of nitro groups is 1. The Morgan fingerprint density at radius 1 is 0.848 bits per heavy atom. The van der Waals surface area contributed by atoms with Gasteiger partial charge in [-0.15, -0.1) is 0 Å². The van der Waals surface area contributed by atoms with Gasteiger partial charge in [0.25, 0.3) is 15.7 Å². The predicted octanol–water partition coefficient (Wildman–Crippen LogP) is 4.73. The molecule has 166 valence electrons. The van der Waals surface area contributed by atoms with Gasteiger partial charge in [-0.1, -0.05) is 54.6 Å². The molecule has 0 bridgehead atoms. The summed E-state index contributed by atoms with van der Waals surface area (Å²) in [5, 5.41) is 15.4. The van der Waals surface area contributed by atoms with Gasteiger partial charge in [0.2, 0.25) is 5.91 Å². The molecule has 2 N–H and O–H groups in total. The molecule has 0 radical (unpaired) electrons. The molecular weight excluding hydrogens is 442 g/mol. The average Bonchev–Trinajstić information content (AvgIpc) is 2.79. The maximum atomic E-state index is 12.9. The van der Waals surface area contributed by atoms with Crippen molar-refractivity contribution in [3.05, 3.63) is 107 Å². The van der Waals surface area contributed by atoms with E-state index in [1.54, 1.807) is 18.2 Å². The van der Waals surface area contributed by atoms with Crippen LogP contribution in [0.3, 0.4) is 0 Å². The molecule has 0 aromatic heterocycles. The normalized spacial score (nSPS) is 11.2. The van der Waals surface area contributed by atoms with Crippen LogP contribution in [0, 0.1) is 10.1 Å². The van der Waals surface area contributed by atoms with Gasteiger partial charge in [-0.05, 0) is 35.7 Å². The van der Waals surface area contributed by atoms with Crippen molar-refractivity contribution >= 4 is 43.8 Å². The Balaban J connectivity index is 1.47. The first-order valence-corrected chi connectivity index (χ1v) is 11.4. The van der Waals surface area contributed by atoms with Crippen LogP contribution in [0.4, 0.5) is 17.1 Å². The van der Waals surface area contributed by atoms with E-state index >= 15 is 0 Å². The first-order chi connectivity index (χ1) is 15.8. The Kier molecular flexibility index (Phi) is 6.05. The van der Waals surface area contributed by atoms with Crippen molar-refractivity contribution in [2.45, 2.75) is 11.3 Å². The lowest BCUT2D eigenvalue weighted by atomic mass is 10.1. The van der Waals surface area contributed by atoms with Crippen LogP contribution >= 0.6 is 0 Å². The summed E-state index contributed by atoms with van der Waals surface area (Å²) in [6, 6.07) is 24.5. The third-order valence-electron chi connectivity index (χ3n) is 5.02. The molecule has 0 saturated carbocycles. The number of carbonyl (C=O) groups is 1. The maximum Gasteiger partial charge on any atom is 0.273 e. The quantitative estimate of drug-likeness (QED) is 0.305. The van der Waals surface area contributed by atoms with Gasteiger partial charge in [0.15, 0.2) is 0 Å². The number of rotatable bonds is 7. The summed E-state index contributed by atoms with van der Waals surface area (Å²) in [5.41, 5.74) is 1.00. The second kappa shape index (κ2) is 9.09. The molecule has 33 heavy (non-hydrogen) atoms. The zero-order valence-electron chi connectivity index (χ0n) is 17.3. The fourth-order valence-electron chi connectivity index (χ4n) is 3.45. The van der Waals surface area contributed by atoms with E-state index in [-0.39, 0.29) is 17.0 Å². The molecule has 0 fully saturated rings. The first-order valence-electron chi connectivity index (χ1n) is 9.96. The number of hydrogen-bond acceptors (Lipinski definition) is 5. The van der Waals surface area contributed by atoms with Gasteiger partial charge in [0.1, 0.15) is 0 Å². The van der Waals surface area contributed by atoms with Gasteiger partial charge >= 0.3 is 0 Å². The van der Waals surface area contributed by atoms with Crippen LogP contribution in [0.2, 0.25) is 0 Å². The van der Waals surface area contributed by atoms with Gasteiger partial charge in [-0.25, -0.2) is 8.42 Å². The molecule has 0 saturated heterocycles. The monoisotopic (exact) mass is 461 g/mol. The van der Waals surface area contributed by atoms with Crippen molar-refractivity contribution in [2.75, 3.05) is 10.0 Å². The number of para-hydroxylation sites is 1. The fourth-order valence-corrected chi connectivity index (χ4v) is 4.53. The molecule has 9 heteroatoms. The van der Waals surface area contributed by atoms with Crippen LogP contribution < -0.4 is 10.0 Å². The average molecular weight is 461 g/mol. The number of nitrogens with one attached hydrogen (secondary N) is 2. The number of sulfonamides is 1. The highest BCUT2D eigenvalue weighted by Crippen LogP contribution is 2.26. The Morgan fingerprint density at radius 2 is 1.52 bits per heavy atom. The minimum Gasteiger partial charge on any atom is -0.326 e. The number of anilines is 2. The van der Waals surface area contributed by atoms with E-state index in [0.717, 1.165) is 10.8 Å². The van der Waals surface area contributed by atoms with Crippen molar-refractivity contribution in [3.63, 3.8) is 0 Å². The summed E-state index contributed by atoms with van der Waals surface area (Å²) in [6.45, 7) is 0. The lowest BCUT2D eigenvalue weighted by Gasteiger charge is -2.11. The number of hydrogen-bond donors (Lipinski definition) is 2. The third-order valence-corrected chi connectivity index (χ3v) is 6.40. The first kappa shape index (κ1) is 22.0. The van der Waals surface area contributed by atoms with Gasteiger partial charge in [-0.3, -0.25) is 19.6 Å². The molecular formula is C24H19N3O5S. The van der Waals surface area contributed by atoms with Crippen molar-refractivity contribution in [3.8, 4) is 0 Å². The number of amides is 1. The van der Waals surface area contributed by atoms with E-state index in [1.165, 1.54) is 42.5 Å². The standard InChI is InChI=1S/C24H19N3O5S/c28-24(16-18-7-2-4-11-23(18)27(29)30)25-19-12-14-20(15-13-19)33(31,32)26-22-10-5-8-17-6-1-3-9-21(17)22/h1-15,26H,16H2,(H,25,28). The Hall–Kier alpha value is -4.24. The van der Waals surface area contributed by atoms with Crippen LogP contribution in [0.1, 0.15) is 5.56 Å². The second-order valence-corrected chi connectivity index (χ2v) is 8.95. The zero-order valence-corrected chi connectivity index (χ0v) is 18.1. The molecule has 0 aliphatic heterocycles. The van der Waals surface area contributed by atoms with E-state index in [1.807, 2.05) is 30.3 Å². The SMILES string of the molecule is O=C(Cc1ccccc1[N+](=O)[O-])Nc1ccc(S(=O)(=O)Nc2cccc3ccccc23)cc1. The van der Waals surface area contributed by atoms with Crippen LogP contribution in [0.15, 0.2) is 95.9 Å². The molecule has 8 nitrogen and oxygen atoms in total. The van der Waals surface area contributed by atoms with Gasteiger partial charge in [-0.2, -0.15) is 0 Å². The van der Waals surface area contributed by atoms with E-state index in [0.29, 0.717) is 16.9 Å². The summed E-state index contributed by atoms with van der Waals surface area (Å²) >= 11 is 0. The number of carbonyl (C=O) groups excluding carboxylic acids is 1. The maximum absolute atomic E-state index is 12.9. The topological polar surface area (TPSA) is 118 Å². The summed E-state index contributed by atoms with van der Waals surface area (Å²) < 4.78 is 28.3. The summed E-state index contributed by atoms with van der Waals surface area (Å²) in [4.78, 5) is 22.9. The van der Waals surface area contributed by atoms with E-state index < -0.39 is 20.9 Å². The van der Waals surface area contributed by atoms with Crippen LogP contribution in [-0.4, -0.2) is 19.2 Å². The minimum atomic E-state index is -3.85. The third kappa shape index (κ3) is 4.99. The second-order valence-electron chi connectivity index (χ2n) is 7.27. The summed E-state index contributed by atoms with van der Waals surface area (Å²) in [5.74, 6) is -0.450. The van der Waals surface area contributed by atoms with E-state index in [4.69, 9.17) is 0 Å². The number of fused-ring (bicyclic) bond motifs is 1. The largest absolute Gasteiger partial charge is 0.326 e. The summed E-state index contributed by atoms with van der Waals surface area (Å²) in [6.07, 6.45) is -0.181.